The lowest BCUT2D eigenvalue weighted by molar-refractivity contribution is -0.149. The van der Waals surface area contributed by atoms with Crippen molar-refractivity contribution in [3.63, 3.8) is 0 Å². The first-order chi connectivity index (χ1) is 14.9. The van der Waals surface area contributed by atoms with Gasteiger partial charge in [0.2, 0.25) is 5.91 Å². The number of hydrazone groups is 1. The number of hydrogen-bond donors (Lipinski definition) is 5. The third-order valence-electron chi connectivity index (χ3n) is 6.02. The number of amidine groups is 1. The summed E-state index contributed by atoms with van der Waals surface area (Å²) in [6.45, 7) is 2.56. The Labute approximate surface area is 183 Å². The molecule has 1 amide bonds. The zero-order chi connectivity index (χ0) is 22.6. The van der Waals surface area contributed by atoms with Gasteiger partial charge in [0.05, 0.1) is 13.0 Å². The van der Waals surface area contributed by atoms with Gasteiger partial charge in [-0.15, -0.1) is 0 Å². The Kier molecular flexibility index (Phi) is 10.5. The van der Waals surface area contributed by atoms with Gasteiger partial charge >= 0.3 is 11.9 Å². The quantitative estimate of drug-likeness (QED) is 0.0935. The van der Waals surface area contributed by atoms with Crippen molar-refractivity contribution in [2.45, 2.75) is 57.9 Å². The van der Waals surface area contributed by atoms with Gasteiger partial charge in [-0.25, -0.2) is 11.4 Å². The van der Waals surface area contributed by atoms with Crippen LogP contribution in [0.15, 0.2) is 5.10 Å². The Bertz CT molecular complexity index is 644. The average Bonchev–Trinajstić information content (AvgIpc) is 2.76. The van der Waals surface area contributed by atoms with Crippen LogP contribution in [0.5, 0.6) is 0 Å². The van der Waals surface area contributed by atoms with Crippen molar-refractivity contribution in [1.82, 2.24) is 16.2 Å². The number of nitrogens with two attached hydrogens (primary N) is 2. The van der Waals surface area contributed by atoms with Crippen LogP contribution in [0.4, 0.5) is 0 Å². The van der Waals surface area contributed by atoms with Crippen molar-refractivity contribution in [3.8, 4) is 0 Å². The van der Waals surface area contributed by atoms with Gasteiger partial charge in [-0.2, -0.15) is 5.10 Å². The number of carbonyl (C=O) groups excluding carboxylic acids is 3. The van der Waals surface area contributed by atoms with Gasteiger partial charge in [0.25, 0.3) is 0 Å². The Hall–Kier alpha value is -2.40. The number of ether oxygens (including phenoxy) is 2. The number of amides is 1. The lowest BCUT2D eigenvalue weighted by Gasteiger charge is -2.42. The van der Waals surface area contributed by atoms with Crippen LogP contribution in [0.25, 0.3) is 0 Å². The maximum absolute atomic E-state index is 12.4. The Morgan fingerprint density at radius 2 is 1.94 bits per heavy atom. The summed E-state index contributed by atoms with van der Waals surface area (Å²) in [7, 11) is 0. The van der Waals surface area contributed by atoms with Gasteiger partial charge in [-0.3, -0.25) is 14.4 Å². The van der Waals surface area contributed by atoms with E-state index >= 15 is 0 Å². The summed E-state index contributed by atoms with van der Waals surface area (Å²) < 4.78 is 10.0. The van der Waals surface area contributed by atoms with Gasteiger partial charge in [0.1, 0.15) is 25.0 Å². The maximum Gasteiger partial charge on any atom is 0.325 e. The highest BCUT2D eigenvalue weighted by Crippen LogP contribution is 2.40. The molecule has 1 aliphatic carbocycles. The van der Waals surface area contributed by atoms with Crippen molar-refractivity contribution in [2.75, 3.05) is 26.3 Å². The standard InChI is InChI=1S/C20H36N6O5/c1-2-30-19(28)12-24-18(27)7-8-31-20(29)16-10-15-9-13(3-5-14(15)11-23-16)4-6-17(21)25-26-22/h13-16,23,26H,2-12,22H2,1H3,(H2,21,25)(H,24,27). The van der Waals surface area contributed by atoms with Gasteiger partial charge in [-0.05, 0) is 56.9 Å². The molecule has 0 aromatic rings. The van der Waals surface area contributed by atoms with E-state index in [1.807, 2.05) is 0 Å². The number of nitrogens with one attached hydrogen (secondary N) is 3. The smallest absolute Gasteiger partial charge is 0.325 e. The average molecular weight is 441 g/mol. The molecule has 2 rings (SSSR count). The molecule has 1 saturated carbocycles. The lowest BCUT2D eigenvalue weighted by atomic mass is 9.69. The van der Waals surface area contributed by atoms with E-state index < -0.39 is 5.97 Å². The van der Waals surface area contributed by atoms with Gasteiger partial charge < -0.3 is 25.8 Å². The maximum atomic E-state index is 12.4. The van der Waals surface area contributed by atoms with Crippen molar-refractivity contribution >= 4 is 23.7 Å². The normalized spacial score (nSPS) is 25.8. The minimum Gasteiger partial charge on any atom is -0.465 e. The van der Waals surface area contributed by atoms with Crippen molar-refractivity contribution in [3.05, 3.63) is 0 Å². The van der Waals surface area contributed by atoms with Crippen LogP contribution in [-0.2, 0) is 23.9 Å². The van der Waals surface area contributed by atoms with Crippen LogP contribution in [-0.4, -0.2) is 56.0 Å². The predicted molar refractivity (Wildman–Crippen MR) is 114 cm³/mol. The lowest BCUT2D eigenvalue weighted by Crippen LogP contribution is -2.50. The zero-order valence-electron chi connectivity index (χ0n) is 18.2. The number of esters is 2. The summed E-state index contributed by atoms with van der Waals surface area (Å²) in [5, 5.41) is 9.53. The van der Waals surface area contributed by atoms with Crippen LogP contribution in [0, 0.1) is 17.8 Å². The highest BCUT2D eigenvalue weighted by atomic mass is 16.5. The fourth-order valence-corrected chi connectivity index (χ4v) is 4.41. The van der Waals surface area contributed by atoms with E-state index in [1.165, 1.54) is 0 Å². The van der Waals surface area contributed by atoms with Crippen LogP contribution in [0.3, 0.4) is 0 Å². The number of fused-ring (bicyclic) bond motifs is 1. The summed E-state index contributed by atoms with van der Waals surface area (Å²) in [5.41, 5.74) is 8.01. The first-order valence-corrected chi connectivity index (χ1v) is 11.0. The van der Waals surface area contributed by atoms with E-state index in [2.05, 4.69) is 21.3 Å². The Balaban J connectivity index is 1.68. The zero-order valence-corrected chi connectivity index (χ0v) is 18.2. The Morgan fingerprint density at radius 1 is 1.13 bits per heavy atom. The van der Waals surface area contributed by atoms with Crippen LogP contribution >= 0.6 is 0 Å². The minimum atomic E-state index is -0.495. The van der Waals surface area contributed by atoms with E-state index in [0.717, 1.165) is 38.6 Å². The molecular formula is C20H36N6O5. The third kappa shape index (κ3) is 8.70. The molecule has 0 spiro atoms. The molecule has 4 atom stereocenters. The molecule has 1 aliphatic heterocycles. The second-order valence-electron chi connectivity index (χ2n) is 8.17. The number of hydrogen-bond acceptors (Lipinski definition) is 9. The van der Waals surface area contributed by atoms with Crippen LogP contribution in [0.1, 0.15) is 51.9 Å². The van der Waals surface area contributed by atoms with Crippen molar-refractivity contribution < 1.29 is 23.9 Å². The van der Waals surface area contributed by atoms with E-state index in [-0.39, 0.29) is 44.1 Å². The number of rotatable bonds is 11. The summed E-state index contributed by atoms with van der Waals surface area (Å²) in [4.78, 5) is 35.4. The van der Waals surface area contributed by atoms with Gasteiger partial charge in [0.15, 0.2) is 0 Å². The SMILES string of the molecule is CCOC(=O)CNC(=O)CCOC(=O)C1CC2CC(CC/C(N)=N/NN)CCC2CN1. The van der Waals surface area contributed by atoms with Gasteiger partial charge in [0, 0.05) is 6.42 Å². The number of carbonyl (C=O) groups is 3. The summed E-state index contributed by atoms with van der Waals surface area (Å²) in [6.07, 6.45) is 5.77. The molecule has 4 unspecified atom stereocenters. The topological polar surface area (TPSA) is 170 Å². The molecule has 11 nitrogen and oxygen atoms in total. The first-order valence-electron chi connectivity index (χ1n) is 11.0. The van der Waals surface area contributed by atoms with Crippen LogP contribution in [0.2, 0.25) is 0 Å². The number of nitrogens with zero attached hydrogens (tertiary/aromatic N) is 1. The fraction of sp³-hybridized carbons (Fsp3) is 0.800. The second kappa shape index (κ2) is 13.1. The van der Waals surface area contributed by atoms with Gasteiger partial charge in [-0.1, -0.05) is 6.42 Å². The summed E-state index contributed by atoms with van der Waals surface area (Å²) >= 11 is 0. The highest BCUT2D eigenvalue weighted by Gasteiger charge is 2.38. The van der Waals surface area contributed by atoms with E-state index in [1.54, 1.807) is 6.92 Å². The largest absolute Gasteiger partial charge is 0.465 e. The molecular weight excluding hydrogens is 404 g/mol. The molecule has 2 fully saturated rings. The van der Waals surface area contributed by atoms with E-state index in [0.29, 0.717) is 30.0 Å². The fourth-order valence-electron chi connectivity index (χ4n) is 4.41. The Morgan fingerprint density at radius 3 is 2.68 bits per heavy atom. The second-order valence-corrected chi connectivity index (χ2v) is 8.17. The van der Waals surface area contributed by atoms with Crippen LogP contribution < -0.4 is 27.7 Å². The van der Waals surface area contributed by atoms with Crippen molar-refractivity contribution in [1.29, 1.82) is 0 Å². The number of piperidine rings is 1. The molecule has 0 radical (unpaired) electrons. The monoisotopic (exact) mass is 440 g/mol. The molecule has 176 valence electrons. The molecule has 7 N–H and O–H groups in total. The molecule has 1 heterocycles. The summed E-state index contributed by atoms with van der Waals surface area (Å²) in [5.74, 6) is 6.07. The van der Waals surface area contributed by atoms with E-state index in [4.69, 9.17) is 21.1 Å². The molecule has 0 bridgehead atoms. The molecule has 2 aliphatic rings. The van der Waals surface area contributed by atoms with Crippen molar-refractivity contribution in [2.24, 2.45) is 34.4 Å². The molecule has 1 saturated heterocycles. The molecule has 0 aromatic heterocycles. The highest BCUT2D eigenvalue weighted by molar-refractivity contribution is 5.82. The predicted octanol–water partition coefficient (Wildman–Crippen LogP) is -0.491. The summed E-state index contributed by atoms with van der Waals surface area (Å²) in [6, 6.07) is -0.351. The molecule has 0 aromatic carbocycles. The molecule has 11 heteroatoms. The molecule has 31 heavy (non-hydrogen) atoms. The number of hydrazine groups is 1. The minimum absolute atomic E-state index is 0.00657. The third-order valence-corrected chi connectivity index (χ3v) is 6.02. The van der Waals surface area contributed by atoms with E-state index in [9.17, 15) is 14.4 Å². The first kappa shape index (κ1) is 24.9.